The molecule has 0 aliphatic carbocycles. The predicted molar refractivity (Wildman–Crippen MR) is 145 cm³/mol. The number of thiazole rings is 1. The molecule has 0 saturated carbocycles. The second kappa shape index (κ2) is 11.9. The van der Waals surface area contributed by atoms with Gasteiger partial charge < -0.3 is 14.8 Å². The Labute approximate surface area is 227 Å². The molecule has 1 aromatic heterocycles. The third kappa shape index (κ3) is 6.30. The van der Waals surface area contributed by atoms with Gasteiger partial charge >= 0.3 is 11.9 Å². The van der Waals surface area contributed by atoms with Gasteiger partial charge in [0.25, 0.3) is 5.91 Å². The van der Waals surface area contributed by atoms with Crippen molar-refractivity contribution in [2.45, 2.75) is 45.6 Å². The highest BCUT2D eigenvalue weighted by Crippen LogP contribution is 2.34. The fourth-order valence-electron chi connectivity index (χ4n) is 3.91. The van der Waals surface area contributed by atoms with Gasteiger partial charge in [0.1, 0.15) is 4.88 Å². The van der Waals surface area contributed by atoms with Crippen LogP contribution >= 0.6 is 23.1 Å². The zero-order chi connectivity index (χ0) is 27.4. The fourth-order valence-corrected chi connectivity index (χ4v) is 5.66. The minimum absolute atomic E-state index is 0.104. The lowest BCUT2D eigenvalue weighted by Gasteiger charge is -2.28. The summed E-state index contributed by atoms with van der Waals surface area (Å²) in [4.78, 5) is 30.3. The van der Waals surface area contributed by atoms with Crippen molar-refractivity contribution >= 4 is 45.6 Å². The van der Waals surface area contributed by atoms with Crippen molar-refractivity contribution in [1.29, 1.82) is 0 Å². The summed E-state index contributed by atoms with van der Waals surface area (Å²) in [6.07, 6.45) is 0.618. The summed E-state index contributed by atoms with van der Waals surface area (Å²) in [5.41, 5.74) is 3.24. The van der Waals surface area contributed by atoms with Crippen LogP contribution in [0.1, 0.15) is 44.8 Å². The molecule has 1 aliphatic heterocycles. The summed E-state index contributed by atoms with van der Waals surface area (Å²) in [5.74, 6) is -0.155. The maximum atomic E-state index is 12.9. The summed E-state index contributed by atoms with van der Waals surface area (Å²) in [5, 5.41) is 9.17. The van der Waals surface area contributed by atoms with Crippen molar-refractivity contribution in [2.75, 3.05) is 12.4 Å². The van der Waals surface area contributed by atoms with Gasteiger partial charge in [-0.1, -0.05) is 30.8 Å². The van der Waals surface area contributed by atoms with E-state index in [4.69, 9.17) is 4.74 Å². The van der Waals surface area contributed by atoms with Gasteiger partial charge in [0.15, 0.2) is 11.5 Å². The van der Waals surface area contributed by atoms with Crippen molar-refractivity contribution in [3.8, 4) is 11.5 Å². The summed E-state index contributed by atoms with van der Waals surface area (Å²) in [6.45, 7) is 2.77. The average Bonchev–Trinajstić information content (AvgIpc) is 3.23. The molecule has 0 fully saturated rings. The number of thioether (sulfide) groups is 1. The van der Waals surface area contributed by atoms with Crippen LogP contribution < -0.4 is 14.8 Å². The number of rotatable bonds is 9. The molecule has 200 valence electrons. The van der Waals surface area contributed by atoms with Crippen LogP contribution in [-0.4, -0.2) is 45.8 Å². The highest BCUT2D eigenvalue weighted by atomic mass is 32.2. The molecule has 0 radical (unpaired) electrons. The molecular formula is C26H26F2N4O4S2. The number of hydrogen-bond acceptors (Lipinski definition) is 8. The molecule has 2 heterocycles. The number of carbonyl (C=O) groups excluding carboxylic acids is 2. The first kappa shape index (κ1) is 27.5. The van der Waals surface area contributed by atoms with Crippen LogP contribution in [0.4, 0.5) is 19.3 Å². The number of amides is 2. The summed E-state index contributed by atoms with van der Waals surface area (Å²) < 4.78 is 35.6. The number of aryl methyl sites for hydroxylation is 2. The number of methoxy groups -OCH3 is 1. The first-order valence-corrected chi connectivity index (χ1v) is 13.4. The molecule has 0 spiro atoms. The third-order valence-electron chi connectivity index (χ3n) is 5.69. The second-order valence-corrected chi connectivity index (χ2v) is 10.7. The Hall–Kier alpha value is -3.51. The maximum Gasteiger partial charge on any atom is 0.387 e. The molecular weight excluding hydrogens is 534 g/mol. The van der Waals surface area contributed by atoms with E-state index in [9.17, 15) is 18.4 Å². The number of hydrazone groups is 1. The summed E-state index contributed by atoms with van der Waals surface area (Å²) in [7, 11) is 1.37. The highest BCUT2D eigenvalue weighted by Gasteiger charge is 2.31. The number of alkyl halides is 2. The molecule has 3 aromatic rings. The van der Waals surface area contributed by atoms with Crippen LogP contribution in [0.5, 0.6) is 11.5 Å². The molecule has 12 heteroatoms. The Kier molecular flexibility index (Phi) is 8.62. The number of ether oxygens (including phenoxy) is 2. The molecule has 0 saturated heterocycles. The van der Waals surface area contributed by atoms with Gasteiger partial charge in [0.05, 0.1) is 35.3 Å². The van der Waals surface area contributed by atoms with Crippen LogP contribution in [-0.2, 0) is 6.54 Å². The quantitative estimate of drug-likeness (QED) is 0.322. The van der Waals surface area contributed by atoms with Crippen molar-refractivity contribution < 1.29 is 27.8 Å². The van der Waals surface area contributed by atoms with Gasteiger partial charge in [-0.25, -0.2) is 9.99 Å². The van der Waals surface area contributed by atoms with Crippen LogP contribution in [0, 0.1) is 13.8 Å². The molecule has 1 aliphatic rings. The Balaban J connectivity index is 1.53. The van der Waals surface area contributed by atoms with Gasteiger partial charge in [-0.3, -0.25) is 9.59 Å². The normalized spacial score (nSPS) is 15.4. The number of halogens is 2. The van der Waals surface area contributed by atoms with E-state index in [0.29, 0.717) is 34.0 Å². The number of nitrogens with zero attached hydrogens (tertiary/aromatic N) is 3. The number of carbonyl (C=O) groups is 2. The van der Waals surface area contributed by atoms with Gasteiger partial charge in [-0.2, -0.15) is 13.9 Å². The molecule has 8 nitrogen and oxygen atoms in total. The van der Waals surface area contributed by atoms with Crippen LogP contribution in [0.15, 0.2) is 47.6 Å². The lowest BCUT2D eigenvalue weighted by Crippen LogP contribution is -2.34. The maximum absolute atomic E-state index is 12.9. The number of hydrogen-bond donors (Lipinski definition) is 1. The number of nitrogens with one attached hydrogen (secondary N) is 1. The predicted octanol–water partition coefficient (Wildman–Crippen LogP) is 6.47. The third-order valence-corrected chi connectivity index (χ3v) is 8.01. The van der Waals surface area contributed by atoms with Crippen molar-refractivity contribution in [3.05, 3.63) is 69.2 Å². The first-order chi connectivity index (χ1) is 18.2. The zero-order valence-corrected chi connectivity index (χ0v) is 22.8. The molecule has 0 bridgehead atoms. The van der Waals surface area contributed by atoms with E-state index in [-0.39, 0.29) is 34.4 Å². The lowest BCUT2D eigenvalue weighted by molar-refractivity contribution is -0.0512. The van der Waals surface area contributed by atoms with E-state index in [0.717, 1.165) is 22.3 Å². The fraction of sp³-hybridized carbons (Fsp3) is 0.308. The Morgan fingerprint density at radius 1 is 1.16 bits per heavy atom. The van der Waals surface area contributed by atoms with Crippen LogP contribution in [0.25, 0.3) is 0 Å². The summed E-state index contributed by atoms with van der Waals surface area (Å²) in [6, 6.07) is 11.8. The summed E-state index contributed by atoms with van der Waals surface area (Å²) >= 11 is 2.47. The minimum atomic E-state index is -3.01. The van der Waals surface area contributed by atoms with Crippen LogP contribution in [0.2, 0.25) is 0 Å². The lowest BCUT2D eigenvalue weighted by atomic mass is 10.0. The number of benzene rings is 2. The Morgan fingerprint density at radius 2 is 1.89 bits per heavy atom. The molecule has 38 heavy (non-hydrogen) atoms. The van der Waals surface area contributed by atoms with Crippen molar-refractivity contribution in [2.24, 2.45) is 5.10 Å². The van der Waals surface area contributed by atoms with E-state index in [1.54, 1.807) is 37.3 Å². The molecule has 2 amide bonds. The second-order valence-electron chi connectivity index (χ2n) is 8.37. The van der Waals surface area contributed by atoms with Crippen molar-refractivity contribution in [3.63, 3.8) is 0 Å². The molecule has 2 aromatic carbocycles. The standard InChI is InChI=1S/C26H26F2N4O4S2/c1-5-21-22(17-8-11-19(35-4)20(12-17)36-25(27)28)31-32(26(34)38-21)13-16-6-9-18(10-7-16)30-24(33)23-14(2)29-15(3)37-23/h6-12,21,25H,5,13H2,1-4H3,(H,30,33). The molecule has 1 unspecified atom stereocenters. The zero-order valence-electron chi connectivity index (χ0n) is 21.2. The topological polar surface area (TPSA) is 93.1 Å². The Bertz CT molecular complexity index is 1360. The van der Waals surface area contributed by atoms with Gasteiger partial charge in [-0.15, -0.1) is 11.3 Å². The van der Waals surface area contributed by atoms with E-state index >= 15 is 0 Å². The van der Waals surface area contributed by atoms with Gasteiger partial charge in [-0.05, 0) is 56.2 Å². The molecule has 4 rings (SSSR count). The first-order valence-electron chi connectivity index (χ1n) is 11.7. The minimum Gasteiger partial charge on any atom is -0.493 e. The van der Waals surface area contributed by atoms with E-state index in [1.807, 2.05) is 13.8 Å². The van der Waals surface area contributed by atoms with Crippen LogP contribution in [0.3, 0.4) is 0 Å². The molecule has 1 atom stereocenters. The van der Waals surface area contributed by atoms with E-state index in [2.05, 4.69) is 20.1 Å². The highest BCUT2D eigenvalue weighted by molar-refractivity contribution is 8.14. The van der Waals surface area contributed by atoms with E-state index < -0.39 is 6.61 Å². The molecule has 1 N–H and O–H groups in total. The SMILES string of the molecule is CCC1SC(=O)N(Cc2ccc(NC(=O)c3sc(C)nc3C)cc2)N=C1c1ccc(OC)c(OC(F)F)c1. The largest absolute Gasteiger partial charge is 0.493 e. The monoisotopic (exact) mass is 560 g/mol. The smallest absolute Gasteiger partial charge is 0.387 e. The van der Waals surface area contributed by atoms with Gasteiger partial charge in [0.2, 0.25) is 0 Å². The van der Waals surface area contributed by atoms with Crippen molar-refractivity contribution in [1.82, 2.24) is 9.99 Å². The number of aromatic nitrogens is 1. The Morgan fingerprint density at radius 3 is 2.50 bits per heavy atom. The van der Waals surface area contributed by atoms with Gasteiger partial charge in [0, 0.05) is 11.3 Å². The average molecular weight is 561 g/mol. The van der Waals surface area contributed by atoms with E-state index in [1.165, 1.54) is 35.6 Å². The number of anilines is 1.